The Morgan fingerprint density at radius 3 is 1.03 bits per heavy atom. The highest BCUT2D eigenvalue weighted by Crippen LogP contribution is 2.36. The molecular weight excluding hydrogens is 1790 g/mol. The summed E-state index contributed by atoms with van der Waals surface area (Å²) in [5.74, 6) is -35.4. The van der Waals surface area contributed by atoms with Gasteiger partial charge in [-0.05, 0) is 83.1 Å². The van der Waals surface area contributed by atoms with E-state index >= 15 is 0 Å². The minimum atomic E-state index is -5.63. The van der Waals surface area contributed by atoms with Crippen LogP contribution in [0.15, 0.2) is 0 Å². The van der Waals surface area contributed by atoms with Gasteiger partial charge in [0.05, 0.1) is 51.4 Å². The summed E-state index contributed by atoms with van der Waals surface area (Å²) in [6.07, 6.45) is -10.9. The molecule has 0 bridgehead atoms. The van der Waals surface area contributed by atoms with Crippen LogP contribution in [0.3, 0.4) is 0 Å². The molecule has 0 aliphatic rings. The number of rotatable bonds is 61. The lowest BCUT2D eigenvalue weighted by Gasteiger charge is -2.30. The second-order valence-electron chi connectivity index (χ2n) is 29.9. The third-order valence-electron chi connectivity index (χ3n) is 17.0. The van der Waals surface area contributed by atoms with E-state index in [1.165, 1.54) is 60.2 Å². The molecule has 0 aromatic heterocycles. The maximum absolute atomic E-state index is 14.4. The predicted octanol–water partition coefficient (Wildman–Crippen LogP) is -6.84. The number of carboxylic acids is 7. The number of carbonyl (C=O) groups is 23. The van der Waals surface area contributed by atoms with Gasteiger partial charge in [0.25, 0.3) is 0 Å². The number of nitrogens with two attached hydrogens (primary N) is 1. The molecule has 15 amide bonds. The number of hydrogen-bond donors (Lipinski definition) is 26. The van der Waals surface area contributed by atoms with Crippen molar-refractivity contribution in [1.82, 2.24) is 74.4 Å². The van der Waals surface area contributed by atoms with Gasteiger partial charge in [-0.1, -0.05) is 59.7 Å². The van der Waals surface area contributed by atoms with Gasteiger partial charge < -0.3 is 140 Å². The minimum absolute atomic E-state index is 0.0738. The number of carboxylic acid groups (broad SMARTS) is 7. The average molecular weight is 1900 g/mol. The van der Waals surface area contributed by atoms with Crippen LogP contribution in [0.1, 0.15) is 153 Å². The quantitative estimate of drug-likeness (QED) is 0.0252. The Kier molecular flexibility index (Phi) is 51.1. The van der Waals surface area contributed by atoms with Crippen LogP contribution in [0.2, 0.25) is 0 Å². The minimum Gasteiger partial charge on any atom is -0.481 e. The van der Waals surface area contributed by atoms with Gasteiger partial charge >= 0.3 is 63.5 Å². The number of alkyl carbamates (subject to hydrolysis) is 1. The zero-order valence-corrected chi connectivity index (χ0v) is 73.9. The van der Waals surface area contributed by atoms with E-state index in [2.05, 4.69) is 46.3 Å². The number of phosphoric ester groups is 2. The molecule has 58 heteroatoms. The second kappa shape index (κ2) is 56.0. The number of aliphatic carboxylic acids is 7. The van der Waals surface area contributed by atoms with Gasteiger partial charge in [0, 0.05) is 25.0 Å². The number of thioether (sulfide) groups is 2. The molecular formula is C69H111N15O39P2S2. The first-order chi connectivity index (χ1) is 58.5. The van der Waals surface area contributed by atoms with E-state index in [4.69, 9.17) is 10.5 Å². The number of primary amides is 1. The highest BCUT2D eigenvalue weighted by atomic mass is 32.2. The molecule has 0 aromatic rings. The van der Waals surface area contributed by atoms with E-state index < -0.39 is 324 Å². The number of nitrogens with one attached hydrogen (secondary N) is 14. The molecule has 0 rings (SSSR count). The number of hydrogen-bond acceptors (Lipinski definition) is 30. The first-order valence-electron chi connectivity index (χ1n) is 38.3. The molecule has 54 nitrogen and oxygen atoms in total. The van der Waals surface area contributed by atoms with Gasteiger partial charge in [-0.15, -0.1) is 0 Å². The first kappa shape index (κ1) is 116. The Hall–Kier alpha value is -11.3. The Labute approximate surface area is 732 Å². The summed E-state index contributed by atoms with van der Waals surface area (Å²) < 4.78 is 37.7. The SMILES string of the molecule is CC[C@H](C)[C@H](NC(=O)[C@H](CC(=O)O)NC(=O)[C@H](CC(=O)O)NC(=O)[C@H](CC(N)=O)NC(=O)[C@H](CC(=O)O)NC(=O)[C@H](COP(=O)(O)O)NC(=O)[C@H](CCSC)NC(=O)OC(C)(C)C)C(=O)N[C@@H](CCC(=O)O)C(=O)N[C@H](C(=O)N[C@@H](CCC(=O)O)C(=O)N[C@@H](COP(=O)(O)O)C(=O)N[C@@H](CC(=O)O)C(=O)N[C@@H](C)C(=O)SCCC(=O)N[C@@H](CC(C)C)C(=O)O)C(C)C. The van der Waals surface area contributed by atoms with Crippen molar-refractivity contribution in [2.75, 3.05) is 31.0 Å². The molecule has 718 valence electrons. The number of carbonyl (C=O) groups excluding carboxylic acids is 16. The molecule has 0 saturated carbocycles. The van der Waals surface area contributed by atoms with Crippen LogP contribution in [0.25, 0.3) is 0 Å². The lowest BCUT2D eigenvalue weighted by atomic mass is 9.96. The molecule has 0 heterocycles. The summed E-state index contributed by atoms with van der Waals surface area (Å²) in [4.78, 5) is 341. The maximum atomic E-state index is 14.4. The van der Waals surface area contributed by atoms with E-state index in [9.17, 15) is 175 Å². The van der Waals surface area contributed by atoms with Crippen LogP contribution in [0.4, 0.5) is 4.79 Å². The van der Waals surface area contributed by atoms with Crippen LogP contribution < -0.4 is 80.2 Å². The van der Waals surface area contributed by atoms with Crippen molar-refractivity contribution in [2.45, 2.75) is 243 Å². The van der Waals surface area contributed by atoms with Gasteiger partial charge in [-0.3, -0.25) is 110 Å². The highest BCUT2D eigenvalue weighted by Gasteiger charge is 2.42. The molecule has 0 unspecified atom stereocenters. The van der Waals surface area contributed by atoms with Crippen molar-refractivity contribution in [3.63, 3.8) is 0 Å². The molecule has 0 saturated heterocycles. The second-order valence-corrected chi connectivity index (χ2v) is 34.4. The first-order valence-corrected chi connectivity index (χ1v) is 43.8. The van der Waals surface area contributed by atoms with Gasteiger partial charge in [-0.2, -0.15) is 11.8 Å². The monoisotopic (exact) mass is 1900 g/mol. The fourth-order valence-corrected chi connectivity index (χ4v) is 12.5. The number of phosphoric acid groups is 2. The van der Waals surface area contributed by atoms with Gasteiger partial charge in [0.15, 0.2) is 0 Å². The van der Waals surface area contributed by atoms with Crippen LogP contribution in [-0.2, 0) is 128 Å². The van der Waals surface area contributed by atoms with Crippen LogP contribution in [0, 0.1) is 17.8 Å². The Balaban J connectivity index is 7.30. The fraction of sp³-hybridized carbons (Fsp3) is 0.667. The molecule has 0 aliphatic heterocycles. The summed E-state index contributed by atoms with van der Waals surface area (Å²) in [7, 11) is -11.2. The van der Waals surface area contributed by atoms with E-state index in [1.54, 1.807) is 20.1 Å². The maximum Gasteiger partial charge on any atom is 0.469 e. The smallest absolute Gasteiger partial charge is 0.469 e. The number of ether oxygens (including phenoxy) is 1. The summed E-state index contributed by atoms with van der Waals surface area (Å²) >= 11 is 1.66. The van der Waals surface area contributed by atoms with Gasteiger partial charge in [-0.25, -0.2) is 18.7 Å². The molecule has 0 fully saturated rings. The average Bonchev–Trinajstić information content (AvgIpc) is 0.825. The molecule has 15 atom stereocenters. The molecule has 0 spiro atoms. The largest absolute Gasteiger partial charge is 0.481 e. The van der Waals surface area contributed by atoms with E-state index in [-0.39, 0.29) is 43.1 Å². The normalized spacial score (nSPS) is 15.0. The predicted molar refractivity (Wildman–Crippen MR) is 433 cm³/mol. The van der Waals surface area contributed by atoms with E-state index in [0.717, 1.165) is 6.92 Å². The van der Waals surface area contributed by atoms with Crippen molar-refractivity contribution in [1.29, 1.82) is 0 Å². The topological polar surface area (TPSA) is 871 Å². The standard InChI is InChI=1S/C69H111N15O39P2S2/c1-12-31(6)53(84-61(106)40(26-51(97)98)77-60(105)38(24-49(93)94)76-58(103)36(22-44(70)85)75-59(104)39(25-50(95)96)79-63(108)43(28-122-125(118,119)120)81-55(100)35(17-19-126-11)82-68(114)123-69(8,9)10)65(110)74-34(14-16-47(89)90)56(101)83-52(30(4)5)64(109)73-33(13-15-46(87)88)54(99)80-42(27-121-124(115,116)117)62(107)78-37(23-48(91)92)57(102)71-32(7)67(113)127-20-18-45(86)72-41(66(111)112)21-29(2)3/h29-43,52-53H,12-28H2,1-11H3,(H2,70,85)(H,71,102)(H,72,86)(H,73,109)(H,74,110)(H,75,104)(H,76,103)(H,77,105)(H,78,107)(H,79,108)(H,80,99)(H,81,100)(H,82,114)(H,83,101)(H,84,106)(H,87,88)(H,89,90)(H,91,92)(H,93,94)(H,95,96)(H,97,98)(H,111,112)(H2,115,116,117)(H2,118,119,120)/t31-,32-,33-,34-,35-,36-,37-,38-,39-,40-,41-,42-,43-,52-,53-/m0/s1. The third-order valence-corrected chi connectivity index (χ3v) is 19.7. The van der Waals surface area contributed by atoms with Crippen LogP contribution >= 0.6 is 39.2 Å². The lowest BCUT2D eigenvalue weighted by Crippen LogP contribution is -2.62. The zero-order valence-electron chi connectivity index (χ0n) is 70.5. The summed E-state index contributed by atoms with van der Waals surface area (Å²) in [5, 5.41) is 96.0. The molecule has 27 N–H and O–H groups in total. The summed E-state index contributed by atoms with van der Waals surface area (Å²) in [5.41, 5.74) is 4.22. The summed E-state index contributed by atoms with van der Waals surface area (Å²) in [6, 6.07) is -29.0. The van der Waals surface area contributed by atoms with Crippen molar-refractivity contribution >= 4 is 175 Å². The summed E-state index contributed by atoms with van der Waals surface area (Å²) in [6.45, 7) is 11.2. The number of amides is 15. The van der Waals surface area contributed by atoms with Crippen molar-refractivity contribution in [2.24, 2.45) is 23.5 Å². The highest BCUT2D eigenvalue weighted by molar-refractivity contribution is 8.13. The lowest BCUT2D eigenvalue weighted by molar-refractivity contribution is -0.144. The van der Waals surface area contributed by atoms with E-state index in [1.807, 2.05) is 37.2 Å². The van der Waals surface area contributed by atoms with Crippen molar-refractivity contribution < 1.29 is 189 Å². The van der Waals surface area contributed by atoms with Crippen LogP contribution in [0.5, 0.6) is 0 Å². The molecule has 0 radical (unpaired) electrons. The molecule has 127 heavy (non-hydrogen) atoms. The molecule has 0 aliphatic carbocycles. The fourth-order valence-electron chi connectivity index (χ4n) is 10.6. The Bertz CT molecular complexity index is 4070. The Morgan fingerprint density at radius 1 is 0.378 bits per heavy atom. The zero-order chi connectivity index (χ0) is 98.0. The van der Waals surface area contributed by atoms with Crippen molar-refractivity contribution in [3.05, 3.63) is 0 Å². The van der Waals surface area contributed by atoms with Crippen molar-refractivity contribution in [3.8, 4) is 0 Å². The Morgan fingerprint density at radius 2 is 0.701 bits per heavy atom. The van der Waals surface area contributed by atoms with Crippen LogP contribution in [-0.4, -0.2) is 312 Å². The van der Waals surface area contributed by atoms with E-state index in [0.29, 0.717) is 11.8 Å². The van der Waals surface area contributed by atoms with Gasteiger partial charge in [0.1, 0.15) is 84.1 Å². The third kappa shape index (κ3) is 49.4. The molecule has 0 aromatic carbocycles. The van der Waals surface area contributed by atoms with Gasteiger partial charge in [0.2, 0.25) is 87.8 Å².